The lowest BCUT2D eigenvalue weighted by Crippen LogP contribution is -2.19. The smallest absolute Gasteiger partial charge is 0.355 e. The van der Waals surface area contributed by atoms with Crippen molar-refractivity contribution in [2.75, 3.05) is 22.7 Å². The summed E-state index contributed by atoms with van der Waals surface area (Å²) in [5.74, 6) is 0.835. The molecule has 1 saturated heterocycles. The molecule has 1 N–H and O–H groups in total. The van der Waals surface area contributed by atoms with Gasteiger partial charge in [-0.2, -0.15) is 13.2 Å². The third kappa shape index (κ3) is 4.79. The number of benzene rings is 2. The number of halogens is 3. The number of nitrogens with one attached hydrogen (secondary N) is 1. The summed E-state index contributed by atoms with van der Waals surface area (Å²) >= 11 is 0. The van der Waals surface area contributed by atoms with Gasteiger partial charge in [0.15, 0.2) is 5.82 Å². The molecule has 0 saturated carbocycles. The minimum absolute atomic E-state index is 0.257. The second kappa shape index (κ2) is 8.18. The van der Waals surface area contributed by atoms with Crippen molar-refractivity contribution in [3.05, 3.63) is 66.2 Å². The fourth-order valence-electron chi connectivity index (χ4n) is 3.34. The minimum Gasteiger partial charge on any atom is -0.355 e. The fourth-order valence-corrected chi connectivity index (χ4v) is 4.40. The van der Waals surface area contributed by atoms with E-state index in [9.17, 15) is 21.6 Å². The number of rotatable bonds is 5. The molecule has 2 aromatic carbocycles. The Morgan fingerprint density at radius 1 is 0.839 bits per heavy atom. The Kier molecular flexibility index (Phi) is 5.57. The quantitative estimate of drug-likeness (QED) is 0.619. The van der Waals surface area contributed by atoms with Gasteiger partial charge < -0.3 is 4.90 Å². The van der Waals surface area contributed by atoms with Gasteiger partial charge in [-0.3, -0.25) is 4.72 Å². The lowest BCUT2D eigenvalue weighted by molar-refractivity contribution is -0.137. The van der Waals surface area contributed by atoms with Crippen molar-refractivity contribution >= 4 is 21.5 Å². The van der Waals surface area contributed by atoms with E-state index in [1.807, 2.05) is 12.1 Å². The first-order chi connectivity index (χ1) is 14.7. The lowest BCUT2D eigenvalue weighted by Gasteiger charge is -2.15. The van der Waals surface area contributed by atoms with Crippen molar-refractivity contribution in [2.24, 2.45) is 0 Å². The van der Waals surface area contributed by atoms with Crippen LogP contribution in [0.5, 0.6) is 0 Å². The molecule has 6 nitrogen and oxygen atoms in total. The van der Waals surface area contributed by atoms with E-state index in [1.165, 1.54) is 0 Å². The van der Waals surface area contributed by atoms with Crippen molar-refractivity contribution in [2.45, 2.75) is 23.9 Å². The first-order valence-corrected chi connectivity index (χ1v) is 11.1. The van der Waals surface area contributed by atoms with E-state index in [-0.39, 0.29) is 10.6 Å². The van der Waals surface area contributed by atoms with E-state index in [0.29, 0.717) is 5.69 Å². The average Bonchev–Trinajstić information content (AvgIpc) is 3.29. The van der Waals surface area contributed by atoms with Crippen LogP contribution in [0.15, 0.2) is 65.6 Å². The highest BCUT2D eigenvalue weighted by molar-refractivity contribution is 7.92. The SMILES string of the molecule is O=S(=O)(Nc1ccc(-c2ccc(N3CCCC3)nn2)cc1)c1ccc(C(F)(F)F)cc1. The Balaban J connectivity index is 1.46. The lowest BCUT2D eigenvalue weighted by atomic mass is 10.1. The van der Waals surface area contributed by atoms with Gasteiger partial charge in [-0.25, -0.2) is 8.42 Å². The number of nitrogens with zero attached hydrogens (tertiary/aromatic N) is 3. The maximum absolute atomic E-state index is 12.7. The Morgan fingerprint density at radius 2 is 1.48 bits per heavy atom. The number of hydrogen-bond acceptors (Lipinski definition) is 5. The highest BCUT2D eigenvalue weighted by Crippen LogP contribution is 2.30. The maximum atomic E-state index is 12.7. The minimum atomic E-state index is -4.53. The second-order valence-corrected chi connectivity index (χ2v) is 8.86. The van der Waals surface area contributed by atoms with Gasteiger partial charge in [0.2, 0.25) is 0 Å². The molecule has 2 heterocycles. The second-order valence-electron chi connectivity index (χ2n) is 7.18. The molecule has 0 unspecified atom stereocenters. The van der Waals surface area contributed by atoms with Crippen LogP contribution in [0.1, 0.15) is 18.4 Å². The number of anilines is 2. The van der Waals surface area contributed by atoms with Crippen LogP contribution in [0, 0.1) is 0 Å². The standard InChI is InChI=1S/C21H19F3N4O2S/c22-21(23,24)16-5-9-18(10-6-16)31(29,30)27-17-7-3-15(4-8-17)19-11-12-20(26-25-19)28-13-1-2-14-28/h3-12,27H,1-2,13-14H2. The van der Waals surface area contributed by atoms with Crippen LogP contribution in [0.25, 0.3) is 11.3 Å². The van der Waals surface area contributed by atoms with Crippen LogP contribution in [0.2, 0.25) is 0 Å². The topological polar surface area (TPSA) is 75.2 Å². The summed E-state index contributed by atoms with van der Waals surface area (Å²) in [6.45, 7) is 1.95. The third-order valence-electron chi connectivity index (χ3n) is 5.01. The number of aromatic nitrogens is 2. The van der Waals surface area contributed by atoms with Gasteiger partial charge in [-0.05, 0) is 61.4 Å². The summed E-state index contributed by atoms with van der Waals surface area (Å²) in [7, 11) is -4.02. The fraction of sp³-hybridized carbons (Fsp3) is 0.238. The van der Waals surface area contributed by atoms with E-state index in [2.05, 4.69) is 19.8 Å². The highest BCUT2D eigenvalue weighted by atomic mass is 32.2. The van der Waals surface area contributed by atoms with E-state index < -0.39 is 21.8 Å². The van der Waals surface area contributed by atoms with E-state index >= 15 is 0 Å². The molecule has 10 heteroatoms. The Morgan fingerprint density at radius 3 is 2.03 bits per heavy atom. The van der Waals surface area contributed by atoms with Crippen molar-refractivity contribution in [1.29, 1.82) is 0 Å². The molecule has 0 aliphatic carbocycles. The highest BCUT2D eigenvalue weighted by Gasteiger charge is 2.30. The summed E-state index contributed by atoms with van der Waals surface area (Å²) in [6, 6.07) is 13.6. The van der Waals surface area contributed by atoms with Gasteiger partial charge >= 0.3 is 6.18 Å². The van der Waals surface area contributed by atoms with E-state index in [1.54, 1.807) is 24.3 Å². The van der Waals surface area contributed by atoms with Gasteiger partial charge in [0.1, 0.15) is 0 Å². The van der Waals surface area contributed by atoms with Gasteiger partial charge in [0, 0.05) is 24.3 Å². The van der Waals surface area contributed by atoms with Crippen molar-refractivity contribution in [3.63, 3.8) is 0 Å². The Bertz CT molecular complexity index is 1140. The Hall–Kier alpha value is -3.14. The van der Waals surface area contributed by atoms with Crippen LogP contribution < -0.4 is 9.62 Å². The summed E-state index contributed by atoms with van der Waals surface area (Å²) < 4.78 is 65.3. The zero-order valence-electron chi connectivity index (χ0n) is 16.3. The van der Waals surface area contributed by atoms with E-state index in [4.69, 9.17) is 0 Å². The molecule has 4 rings (SSSR count). The molecular weight excluding hydrogens is 429 g/mol. The van der Waals surface area contributed by atoms with Gasteiger partial charge in [0.05, 0.1) is 16.2 Å². The molecule has 0 spiro atoms. The number of alkyl halides is 3. The Labute approximate surface area is 177 Å². The molecule has 162 valence electrons. The van der Waals surface area contributed by atoms with Crippen molar-refractivity contribution < 1.29 is 21.6 Å². The molecule has 1 fully saturated rings. The largest absolute Gasteiger partial charge is 0.416 e. The van der Waals surface area contributed by atoms with Crippen LogP contribution >= 0.6 is 0 Å². The van der Waals surface area contributed by atoms with Crippen molar-refractivity contribution in [1.82, 2.24) is 10.2 Å². The summed E-state index contributed by atoms with van der Waals surface area (Å²) in [5.41, 5.74) is 0.788. The molecule has 0 radical (unpaired) electrons. The molecule has 0 atom stereocenters. The first-order valence-electron chi connectivity index (χ1n) is 9.62. The van der Waals surface area contributed by atoms with Crippen LogP contribution in [0.4, 0.5) is 24.7 Å². The zero-order chi connectivity index (χ0) is 22.1. The molecule has 1 aromatic heterocycles. The molecule has 0 amide bonds. The van der Waals surface area contributed by atoms with Gasteiger partial charge in [-0.15, -0.1) is 10.2 Å². The number of sulfonamides is 1. The molecule has 1 aliphatic rings. The number of hydrogen-bond donors (Lipinski definition) is 1. The molecule has 31 heavy (non-hydrogen) atoms. The molecule has 3 aromatic rings. The molecule has 1 aliphatic heterocycles. The predicted molar refractivity (Wildman–Crippen MR) is 111 cm³/mol. The zero-order valence-corrected chi connectivity index (χ0v) is 17.1. The summed E-state index contributed by atoms with van der Waals surface area (Å²) in [6.07, 6.45) is -2.23. The monoisotopic (exact) mass is 448 g/mol. The first kappa shape index (κ1) is 21.1. The summed E-state index contributed by atoms with van der Waals surface area (Å²) in [5, 5.41) is 8.52. The van der Waals surface area contributed by atoms with E-state index in [0.717, 1.165) is 61.6 Å². The van der Waals surface area contributed by atoms with Crippen LogP contribution in [0.3, 0.4) is 0 Å². The summed E-state index contributed by atoms with van der Waals surface area (Å²) in [4.78, 5) is 1.92. The predicted octanol–water partition coefficient (Wildman–Crippen LogP) is 4.56. The third-order valence-corrected chi connectivity index (χ3v) is 6.40. The maximum Gasteiger partial charge on any atom is 0.416 e. The van der Waals surface area contributed by atoms with Crippen LogP contribution in [-0.2, 0) is 16.2 Å². The normalized spacial score (nSPS) is 14.6. The van der Waals surface area contributed by atoms with Gasteiger partial charge in [0.25, 0.3) is 10.0 Å². The average molecular weight is 448 g/mol. The van der Waals surface area contributed by atoms with Gasteiger partial charge in [-0.1, -0.05) is 12.1 Å². The molecular formula is C21H19F3N4O2S. The molecule has 0 bridgehead atoms. The van der Waals surface area contributed by atoms with Crippen LogP contribution in [-0.4, -0.2) is 31.7 Å². The van der Waals surface area contributed by atoms with Crippen molar-refractivity contribution in [3.8, 4) is 11.3 Å².